The summed E-state index contributed by atoms with van der Waals surface area (Å²) >= 11 is 0. The van der Waals surface area contributed by atoms with Crippen LogP contribution in [0.5, 0.6) is 6.01 Å². The number of fused-ring (bicyclic) bond motifs is 1. The molecule has 5 aromatic rings. The molecule has 0 radical (unpaired) electrons. The summed E-state index contributed by atoms with van der Waals surface area (Å²) in [7, 11) is 0. The monoisotopic (exact) mass is 528 g/mol. The van der Waals surface area contributed by atoms with Crippen molar-refractivity contribution in [2.45, 2.75) is 13.5 Å². The van der Waals surface area contributed by atoms with Crippen molar-refractivity contribution < 1.29 is 28.6 Å². The number of aromatic amines is 1. The van der Waals surface area contributed by atoms with Crippen molar-refractivity contribution in [3.8, 4) is 28.5 Å². The van der Waals surface area contributed by atoms with Gasteiger partial charge in [0.2, 0.25) is 6.79 Å². The Balaban J connectivity index is 1.48. The number of para-hydroxylation sites is 1. The lowest BCUT2D eigenvalue weighted by Gasteiger charge is -2.14. The van der Waals surface area contributed by atoms with Crippen molar-refractivity contribution in [3.63, 3.8) is 0 Å². The Kier molecular flexibility index (Phi) is 7.13. The summed E-state index contributed by atoms with van der Waals surface area (Å²) in [6.45, 7) is 6.19. The first kappa shape index (κ1) is 25.3. The Morgan fingerprint density at radius 3 is 2.51 bits per heavy atom. The van der Waals surface area contributed by atoms with E-state index in [1.165, 1.54) is 0 Å². The molecule has 0 atom stereocenters. The number of H-pyrrole nitrogens is 1. The lowest BCUT2D eigenvalue weighted by molar-refractivity contribution is 0.0136. The second-order valence-electron chi connectivity index (χ2n) is 8.37. The second kappa shape index (κ2) is 11.0. The van der Waals surface area contributed by atoms with E-state index in [1.54, 1.807) is 0 Å². The van der Waals surface area contributed by atoms with Crippen molar-refractivity contribution in [1.29, 1.82) is 0 Å². The normalized spacial score (nSPS) is 10.9. The van der Waals surface area contributed by atoms with Crippen LogP contribution in [0.15, 0.2) is 82.6 Å². The van der Waals surface area contributed by atoms with Crippen LogP contribution in [0, 0.1) is 0 Å². The molecule has 0 aliphatic carbocycles. The maximum absolute atomic E-state index is 11.5. The number of aromatic nitrogens is 4. The van der Waals surface area contributed by atoms with Crippen LogP contribution in [0.25, 0.3) is 39.3 Å². The van der Waals surface area contributed by atoms with Crippen molar-refractivity contribution in [3.05, 3.63) is 95.0 Å². The van der Waals surface area contributed by atoms with Gasteiger partial charge in [0.1, 0.15) is 5.76 Å². The van der Waals surface area contributed by atoms with Gasteiger partial charge < -0.3 is 19.3 Å². The highest BCUT2D eigenvalue weighted by atomic mass is 16.7. The van der Waals surface area contributed by atoms with Crippen LogP contribution in [-0.4, -0.2) is 44.4 Å². The van der Waals surface area contributed by atoms with Gasteiger partial charge in [0.25, 0.3) is 6.01 Å². The molecular formula is C28H24N4O7. The Labute approximate surface area is 221 Å². The van der Waals surface area contributed by atoms with Gasteiger partial charge in [-0.3, -0.25) is 14.1 Å². The van der Waals surface area contributed by atoms with Crippen LogP contribution in [0.2, 0.25) is 0 Å². The predicted octanol–water partition coefficient (Wildman–Crippen LogP) is 5.13. The number of ether oxygens (including phenoxy) is 3. The highest BCUT2D eigenvalue weighted by molar-refractivity contribution is 5.88. The summed E-state index contributed by atoms with van der Waals surface area (Å²) in [5.74, 6) is -0.0202. The molecule has 2 N–H and O–H groups in total. The Bertz CT molecular complexity index is 1700. The Morgan fingerprint density at radius 1 is 1.05 bits per heavy atom. The quantitative estimate of drug-likeness (QED) is 0.143. The second-order valence-corrected chi connectivity index (χ2v) is 8.37. The number of nitrogens with one attached hydrogen (secondary N) is 1. The summed E-state index contributed by atoms with van der Waals surface area (Å²) in [6.07, 6.45) is -1.44. The van der Waals surface area contributed by atoms with Gasteiger partial charge in [-0.05, 0) is 35.7 Å². The number of rotatable bonds is 10. The summed E-state index contributed by atoms with van der Waals surface area (Å²) in [4.78, 5) is 29.4. The molecule has 11 heteroatoms. The first-order valence-electron chi connectivity index (χ1n) is 12.0. The molecule has 0 aliphatic heterocycles. The number of hydrogen-bond acceptors (Lipinski definition) is 8. The molecule has 11 nitrogen and oxygen atoms in total. The molecule has 0 aliphatic rings. The van der Waals surface area contributed by atoms with Crippen LogP contribution < -0.4 is 10.5 Å². The minimum Gasteiger partial charge on any atom is -0.465 e. The number of nitrogens with zero attached hydrogens (tertiary/aromatic N) is 3. The maximum atomic E-state index is 11.5. The first-order valence-corrected chi connectivity index (χ1v) is 12.0. The largest absolute Gasteiger partial charge is 0.508 e. The third-order valence-corrected chi connectivity index (χ3v) is 5.95. The van der Waals surface area contributed by atoms with E-state index < -0.39 is 18.7 Å². The summed E-state index contributed by atoms with van der Waals surface area (Å²) in [6, 6.07) is 21.4. The maximum Gasteiger partial charge on any atom is 0.508 e. The molecule has 0 spiro atoms. The zero-order chi connectivity index (χ0) is 27.4. The molecule has 0 unspecified atom stereocenters. The topological polar surface area (TPSA) is 142 Å². The van der Waals surface area contributed by atoms with E-state index >= 15 is 0 Å². The Morgan fingerprint density at radius 2 is 1.82 bits per heavy atom. The van der Waals surface area contributed by atoms with Gasteiger partial charge in [-0.25, -0.2) is 9.59 Å². The summed E-state index contributed by atoms with van der Waals surface area (Å²) in [5, 5.41) is 12.5. The van der Waals surface area contributed by atoms with E-state index in [9.17, 15) is 9.59 Å². The summed E-state index contributed by atoms with van der Waals surface area (Å²) in [5.41, 5.74) is 5.56. The minimum absolute atomic E-state index is 0.240. The molecule has 0 saturated carbocycles. The number of carboxylic acid groups (broad SMARTS) is 1. The number of hydrogen-bond donors (Lipinski definition) is 2. The van der Waals surface area contributed by atoms with E-state index in [2.05, 4.69) is 31.0 Å². The number of carbonyl (C=O) groups is 1. The highest BCUT2D eigenvalue weighted by Gasteiger charge is 2.18. The van der Waals surface area contributed by atoms with E-state index in [-0.39, 0.29) is 5.76 Å². The molecule has 2 aromatic heterocycles. The molecule has 0 fully saturated rings. The molecule has 198 valence electrons. The molecule has 5 rings (SSSR count). The molecule has 0 saturated heterocycles. The van der Waals surface area contributed by atoms with E-state index in [1.807, 2.05) is 78.2 Å². The van der Waals surface area contributed by atoms with Crippen LogP contribution in [0.1, 0.15) is 18.1 Å². The zero-order valence-electron chi connectivity index (χ0n) is 20.9. The fourth-order valence-electron chi connectivity index (χ4n) is 4.26. The zero-order valence-corrected chi connectivity index (χ0v) is 20.9. The van der Waals surface area contributed by atoms with Gasteiger partial charge in [0, 0.05) is 11.1 Å². The van der Waals surface area contributed by atoms with Gasteiger partial charge in [-0.15, -0.1) is 0 Å². The lowest BCUT2D eigenvalue weighted by atomic mass is 9.98. The molecule has 3 aromatic carbocycles. The third kappa shape index (κ3) is 5.37. The number of imidazole rings is 1. The van der Waals surface area contributed by atoms with Gasteiger partial charge in [-0.1, -0.05) is 66.3 Å². The van der Waals surface area contributed by atoms with Gasteiger partial charge in [-0.2, -0.15) is 4.98 Å². The van der Waals surface area contributed by atoms with E-state index in [4.69, 9.17) is 14.6 Å². The third-order valence-electron chi connectivity index (χ3n) is 5.95. The summed E-state index contributed by atoms with van der Waals surface area (Å²) < 4.78 is 22.3. The minimum atomic E-state index is -1.44. The lowest BCUT2D eigenvalue weighted by Crippen LogP contribution is -2.07. The van der Waals surface area contributed by atoms with E-state index in [0.717, 1.165) is 27.8 Å². The Hall–Kier alpha value is -5.32. The van der Waals surface area contributed by atoms with E-state index in [0.29, 0.717) is 36.1 Å². The molecule has 0 amide bonds. The molecule has 39 heavy (non-hydrogen) atoms. The van der Waals surface area contributed by atoms with Crippen LogP contribution in [-0.2, 0) is 16.0 Å². The van der Waals surface area contributed by atoms with Crippen LogP contribution in [0.3, 0.4) is 0 Å². The van der Waals surface area contributed by atoms with Crippen molar-refractivity contribution in [2.75, 3.05) is 13.4 Å². The number of benzene rings is 3. The standard InChI is InChI=1S/C28H24N4O7/c1-3-36-26-29-23-10-6-9-20(17(2)37-16-38-28(34)35)24(23)32(26)15-18-11-13-19(14-12-18)21-7-4-5-8-22(21)25-30-27(33)39-31-25/h4-14H,2-3,15-16H2,1H3,(H,34,35)(H,30,31,33). The highest BCUT2D eigenvalue weighted by Crippen LogP contribution is 2.32. The predicted molar refractivity (Wildman–Crippen MR) is 142 cm³/mol. The first-order chi connectivity index (χ1) is 18.9. The van der Waals surface area contributed by atoms with Crippen molar-refractivity contribution >= 4 is 22.9 Å². The van der Waals surface area contributed by atoms with Crippen LogP contribution >= 0.6 is 0 Å². The van der Waals surface area contributed by atoms with Gasteiger partial charge in [0.15, 0.2) is 5.82 Å². The molecular weight excluding hydrogens is 504 g/mol. The average Bonchev–Trinajstić information content (AvgIpc) is 3.52. The smallest absolute Gasteiger partial charge is 0.465 e. The van der Waals surface area contributed by atoms with Crippen LogP contribution in [0.4, 0.5) is 4.79 Å². The molecule has 0 bridgehead atoms. The van der Waals surface area contributed by atoms with Crippen molar-refractivity contribution in [2.24, 2.45) is 0 Å². The average molecular weight is 529 g/mol. The fraction of sp³-hybridized carbons (Fsp3) is 0.143. The van der Waals surface area contributed by atoms with Gasteiger partial charge in [0.05, 0.1) is 24.2 Å². The SMILES string of the molecule is C=C(OCOC(=O)O)c1cccc2nc(OCC)n(Cc3ccc(-c4ccccc4-c4noc(=O)[nH]4)cc3)c12. The fourth-order valence-corrected chi connectivity index (χ4v) is 4.26. The van der Waals surface area contributed by atoms with Gasteiger partial charge >= 0.3 is 11.9 Å². The molecule has 2 heterocycles. The van der Waals surface area contributed by atoms with Crippen molar-refractivity contribution in [1.82, 2.24) is 19.7 Å².